The molecule has 2 heterocycles. The highest BCUT2D eigenvalue weighted by atomic mass is 32.2. The fraction of sp³-hybridized carbons (Fsp3) is 0.833. The first-order chi connectivity index (χ1) is 10.1. The number of nitrogens with one attached hydrogen (secondary N) is 2. The van der Waals surface area contributed by atoms with Gasteiger partial charge in [-0.2, -0.15) is 12.7 Å². The number of aromatic nitrogens is 3. The zero-order valence-electron chi connectivity index (χ0n) is 12.4. The van der Waals surface area contributed by atoms with Crippen LogP contribution in [-0.2, 0) is 16.8 Å². The summed E-state index contributed by atoms with van der Waals surface area (Å²) in [5, 5.41) is 10.6. The molecule has 1 aliphatic rings. The van der Waals surface area contributed by atoms with E-state index in [2.05, 4.69) is 20.4 Å². The Kier molecular flexibility index (Phi) is 6.09. The zero-order chi connectivity index (χ0) is 15.1. The van der Waals surface area contributed by atoms with Gasteiger partial charge in [-0.1, -0.05) is 11.6 Å². The smallest absolute Gasteiger partial charge is 0.279 e. The SMILES string of the molecule is CNCC1CCCCN1S(=O)(=O)NCCCn1ccnn1. The Morgan fingerprint density at radius 2 is 2.24 bits per heavy atom. The fourth-order valence-corrected chi connectivity index (χ4v) is 4.12. The van der Waals surface area contributed by atoms with Gasteiger partial charge in [-0.15, -0.1) is 5.10 Å². The molecule has 2 rings (SSSR count). The second-order valence-corrected chi connectivity index (χ2v) is 6.94. The van der Waals surface area contributed by atoms with E-state index in [-0.39, 0.29) is 6.04 Å². The summed E-state index contributed by atoms with van der Waals surface area (Å²) in [6.45, 7) is 2.36. The largest absolute Gasteiger partial charge is 0.318 e. The molecule has 1 fully saturated rings. The number of likely N-dealkylation sites (N-methyl/N-ethyl adjacent to an activating group) is 1. The van der Waals surface area contributed by atoms with Crippen LogP contribution in [0.15, 0.2) is 12.4 Å². The van der Waals surface area contributed by atoms with Crippen molar-refractivity contribution in [2.45, 2.75) is 38.3 Å². The van der Waals surface area contributed by atoms with Crippen molar-refractivity contribution >= 4 is 10.2 Å². The van der Waals surface area contributed by atoms with Gasteiger partial charge in [-0.05, 0) is 26.3 Å². The van der Waals surface area contributed by atoms with Gasteiger partial charge in [0.1, 0.15) is 0 Å². The molecule has 0 aromatic carbocycles. The third kappa shape index (κ3) is 4.73. The molecule has 1 aliphatic heterocycles. The molecule has 0 bridgehead atoms. The summed E-state index contributed by atoms with van der Waals surface area (Å²) < 4.78 is 30.8. The minimum absolute atomic E-state index is 0.0524. The van der Waals surface area contributed by atoms with Crippen LogP contribution < -0.4 is 10.0 Å². The van der Waals surface area contributed by atoms with Gasteiger partial charge in [0.2, 0.25) is 0 Å². The first kappa shape index (κ1) is 16.3. The van der Waals surface area contributed by atoms with Gasteiger partial charge in [0.05, 0.1) is 6.20 Å². The maximum absolute atomic E-state index is 12.4. The van der Waals surface area contributed by atoms with E-state index in [1.165, 1.54) is 0 Å². The molecule has 0 radical (unpaired) electrons. The fourth-order valence-electron chi connectivity index (χ4n) is 2.61. The van der Waals surface area contributed by atoms with Gasteiger partial charge < -0.3 is 5.32 Å². The van der Waals surface area contributed by atoms with Crippen LogP contribution in [0.4, 0.5) is 0 Å². The molecule has 0 aliphatic carbocycles. The van der Waals surface area contributed by atoms with Crippen molar-refractivity contribution in [3.63, 3.8) is 0 Å². The van der Waals surface area contributed by atoms with Crippen molar-refractivity contribution in [2.75, 3.05) is 26.7 Å². The van der Waals surface area contributed by atoms with Crippen molar-refractivity contribution in [3.05, 3.63) is 12.4 Å². The number of hydrogen-bond acceptors (Lipinski definition) is 5. The summed E-state index contributed by atoms with van der Waals surface area (Å²) >= 11 is 0. The third-order valence-corrected chi connectivity index (χ3v) is 5.31. The van der Waals surface area contributed by atoms with Crippen LogP contribution in [0.2, 0.25) is 0 Å². The Hall–Kier alpha value is -1.03. The third-order valence-electron chi connectivity index (χ3n) is 3.64. The molecular formula is C12H24N6O2S. The van der Waals surface area contributed by atoms with Gasteiger partial charge in [0.25, 0.3) is 10.2 Å². The lowest BCUT2D eigenvalue weighted by Crippen LogP contribution is -2.52. The molecule has 0 spiro atoms. The number of nitrogens with zero attached hydrogens (tertiary/aromatic N) is 4. The van der Waals surface area contributed by atoms with E-state index >= 15 is 0 Å². The van der Waals surface area contributed by atoms with Crippen molar-refractivity contribution in [3.8, 4) is 0 Å². The second kappa shape index (κ2) is 7.83. The lowest BCUT2D eigenvalue weighted by atomic mass is 10.1. The minimum atomic E-state index is -3.40. The van der Waals surface area contributed by atoms with Gasteiger partial charge in [-0.25, -0.2) is 4.72 Å². The number of hydrogen-bond donors (Lipinski definition) is 2. The Labute approximate surface area is 126 Å². The Morgan fingerprint density at radius 3 is 2.95 bits per heavy atom. The average Bonchev–Trinajstić information content (AvgIpc) is 2.98. The number of rotatable bonds is 8. The summed E-state index contributed by atoms with van der Waals surface area (Å²) in [5.41, 5.74) is 0. The zero-order valence-corrected chi connectivity index (χ0v) is 13.2. The van der Waals surface area contributed by atoms with Gasteiger partial charge in [-0.3, -0.25) is 4.68 Å². The van der Waals surface area contributed by atoms with Crippen LogP contribution in [0.25, 0.3) is 0 Å². The molecule has 120 valence electrons. The maximum Gasteiger partial charge on any atom is 0.279 e. The molecule has 0 saturated carbocycles. The van der Waals surface area contributed by atoms with Crippen molar-refractivity contribution in [1.82, 2.24) is 29.3 Å². The molecular weight excluding hydrogens is 292 g/mol. The summed E-state index contributed by atoms with van der Waals surface area (Å²) in [4.78, 5) is 0. The Bertz CT molecular complexity index is 502. The quantitative estimate of drug-likeness (QED) is 0.635. The summed E-state index contributed by atoms with van der Waals surface area (Å²) in [5.74, 6) is 0. The molecule has 1 aromatic heterocycles. The van der Waals surface area contributed by atoms with Gasteiger partial charge in [0, 0.05) is 38.4 Å². The molecule has 8 nitrogen and oxygen atoms in total. The molecule has 21 heavy (non-hydrogen) atoms. The van der Waals surface area contributed by atoms with Crippen LogP contribution in [0.1, 0.15) is 25.7 Å². The van der Waals surface area contributed by atoms with E-state index in [0.717, 1.165) is 19.3 Å². The normalized spacial score (nSPS) is 20.7. The first-order valence-electron chi connectivity index (χ1n) is 7.38. The Morgan fingerprint density at radius 1 is 1.38 bits per heavy atom. The molecule has 1 aromatic rings. The summed E-state index contributed by atoms with van der Waals surface area (Å²) in [6.07, 6.45) is 7.00. The van der Waals surface area contributed by atoms with Gasteiger partial charge in [0.15, 0.2) is 0 Å². The Balaban J connectivity index is 1.81. The van der Waals surface area contributed by atoms with E-state index in [0.29, 0.717) is 32.6 Å². The highest BCUT2D eigenvalue weighted by Crippen LogP contribution is 2.19. The summed E-state index contributed by atoms with van der Waals surface area (Å²) in [6, 6.07) is 0.0524. The first-order valence-corrected chi connectivity index (χ1v) is 8.82. The van der Waals surface area contributed by atoms with Crippen LogP contribution in [-0.4, -0.2) is 60.4 Å². The summed E-state index contributed by atoms with van der Waals surface area (Å²) in [7, 11) is -1.55. The van der Waals surface area contributed by atoms with Gasteiger partial charge >= 0.3 is 0 Å². The molecule has 2 N–H and O–H groups in total. The predicted octanol–water partition coefficient (Wildman–Crippen LogP) is -0.423. The standard InChI is InChI=1S/C12H24N6O2S/c1-13-11-12-5-2-3-9-18(12)21(19,20)15-6-4-8-17-10-7-14-16-17/h7,10,12-13,15H,2-6,8-9,11H2,1H3. The topological polar surface area (TPSA) is 92.2 Å². The lowest BCUT2D eigenvalue weighted by Gasteiger charge is -2.34. The minimum Gasteiger partial charge on any atom is -0.318 e. The molecule has 0 amide bonds. The van der Waals surface area contributed by atoms with E-state index in [1.54, 1.807) is 21.4 Å². The molecule has 9 heteroatoms. The van der Waals surface area contributed by atoms with Crippen LogP contribution in [0, 0.1) is 0 Å². The maximum atomic E-state index is 12.4. The predicted molar refractivity (Wildman–Crippen MR) is 79.8 cm³/mol. The van der Waals surface area contributed by atoms with E-state index in [1.807, 2.05) is 7.05 Å². The van der Waals surface area contributed by atoms with Crippen LogP contribution in [0.5, 0.6) is 0 Å². The average molecular weight is 316 g/mol. The van der Waals surface area contributed by atoms with Crippen LogP contribution >= 0.6 is 0 Å². The van der Waals surface area contributed by atoms with Crippen molar-refractivity contribution in [2.24, 2.45) is 0 Å². The van der Waals surface area contributed by atoms with Crippen molar-refractivity contribution < 1.29 is 8.42 Å². The van der Waals surface area contributed by atoms with Crippen molar-refractivity contribution in [1.29, 1.82) is 0 Å². The molecule has 1 saturated heterocycles. The lowest BCUT2D eigenvalue weighted by molar-refractivity contribution is 0.246. The molecule has 1 unspecified atom stereocenters. The monoisotopic (exact) mass is 316 g/mol. The van der Waals surface area contributed by atoms with E-state index in [9.17, 15) is 8.42 Å². The van der Waals surface area contributed by atoms with E-state index in [4.69, 9.17) is 0 Å². The van der Waals surface area contributed by atoms with Crippen LogP contribution in [0.3, 0.4) is 0 Å². The number of piperidine rings is 1. The number of aryl methyl sites for hydroxylation is 1. The van der Waals surface area contributed by atoms with E-state index < -0.39 is 10.2 Å². The highest BCUT2D eigenvalue weighted by molar-refractivity contribution is 7.87. The molecule has 1 atom stereocenters. The highest BCUT2D eigenvalue weighted by Gasteiger charge is 2.31. The second-order valence-electron chi connectivity index (χ2n) is 5.24.